The van der Waals surface area contributed by atoms with Crippen molar-refractivity contribution in [1.82, 2.24) is 4.98 Å². The van der Waals surface area contributed by atoms with E-state index in [2.05, 4.69) is 44.3 Å². The fourth-order valence-corrected chi connectivity index (χ4v) is 2.63. The van der Waals surface area contributed by atoms with Gasteiger partial charge in [-0.25, -0.2) is 0 Å². The Morgan fingerprint density at radius 3 is 2.67 bits per heavy atom. The third-order valence-corrected chi connectivity index (χ3v) is 3.63. The zero-order chi connectivity index (χ0) is 12.7. The Hall–Kier alpha value is -1.57. The van der Waals surface area contributed by atoms with Gasteiger partial charge in [0, 0.05) is 29.2 Å². The van der Waals surface area contributed by atoms with Gasteiger partial charge in [0.05, 0.1) is 5.52 Å². The summed E-state index contributed by atoms with van der Waals surface area (Å²) >= 11 is 0. The minimum Gasteiger partial charge on any atom is -0.385 e. The van der Waals surface area contributed by atoms with Gasteiger partial charge in [0.2, 0.25) is 0 Å². The number of pyridine rings is 1. The molecule has 0 bridgehead atoms. The minimum atomic E-state index is 0.701. The van der Waals surface area contributed by atoms with Crippen LogP contribution in [0, 0.1) is 13.8 Å². The van der Waals surface area contributed by atoms with Crippen LogP contribution in [0.25, 0.3) is 10.9 Å². The number of hydrogen-bond acceptors (Lipinski definition) is 2. The van der Waals surface area contributed by atoms with Gasteiger partial charge in [0.15, 0.2) is 0 Å². The summed E-state index contributed by atoms with van der Waals surface area (Å²) in [6.45, 7) is 7.41. The number of hydrogen-bond donors (Lipinski definition) is 1. The molecule has 2 aromatic rings. The molecule has 0 saturated heterocycles. The standard InChI is InChI=1S/C16H20N2/c1-4-17-15-9-14(12-5-6-12)18-16-11(3)7-10(2)8-13(15)16/h7-9,12H,4-6H2,1-3H3,(H,17,18). The molecular formula is C16H20N2. The summed E-state index contributed by atoms with van der Waals surface area (Å²) in [5.41, 5.74) is 6.27. The quantitative estimate of drug-likeness (QED) is 0.871. The van der Waals surface area contributed by atoms with Crippen LogP contribution >= 0.6 is 0 Å². The third-order valence-electron chi connectivity index (χ3n) is 3.63. The van der Waals surface area contributed by atoms with E-state index in [1.807, 2.05) is 0 Å². The first-order valence-electron chi connectivity index (χ1n) is 6.85. The van der Waals surface area contributed by atoms with Crippen molar-refractivity contribution in [3.05, 3.63) is 35.0 Å². The molecule has 0 aliphatic heterocycles. The Morgan fingerprint density at radius 1 is 1.22 bits per heavy atom. The molecule has 1 aliphatic carbocycles. The van der Waals surface area contributed by atoms with Crippen LogP contribution in [-0.2, 0) is 0 Å². The zero-order valence-corrected chi connectivity index (χ0v) is 11.4. The number of rotatable bonds is 3. The first-order valence-corrected chi connectivity index (χ1v) is 6.85. The smallest absolute Gasteiger partial charge is 0.0755 e. The number of benzene rings is 1. The largest absolute Gasteiger partial charge is 0.385 e. The Balaban J connectivity index is 2.26. The Labute approximate surface area is 108 Å². The van der Waals surface area contributed by atoms with Crippen LogP contribution in [0.3, 0.4) is 0 Å². The van der Waals surface area contributed by atoms with E-state index in [-0.39, 0.29) is 0 Å². The van der Waals surface area contributed by atoms with Gasteiger partial charge in [-0.15, -0.1) is 0 Å². The molecular weight excluding hydrogens is 220 g/mol. The molecule has 0 atom stereocenters. The van der Waals surface area contributed by atoms with Gasteiger partial charge in [-0.1, -0.05) is 11.6 Å². The molecule has 1 aliphatic rings. The van der Waals surface area contributed by atoms with Crippen molar-refractivity contribution < 1.29 is 0 Å². The highest BCUT2D eigenvalue weighted by atomic mass is 14.9. The number of aryl methyl sites for hydroxylation is 2. The number of nitrogens with zero attached hydrogens (tertiary/aromatic N) is 1. The molecule has 1 N–H and O–H groups in total. The van der Waals surface area contributed by atoms with Crippen LogP contribution < -0.4 is 5.32 Å². The second-order valence-corrected chi connectivity index (χ2v) is 5.38. The van der Waals surface area contributed by atoms with Gasteiger partial charge in [0.25, 0.3) is 0 Å². The summed E-state index contributed by atoms with van der Waals surface area (Å²) in [5, 5.41) is 4.75. The molecule has 1 heterocycles. The van der Waals surface area contributed by atoms with Crippen molar-refractivity contribution in [3.63, 3.8) is 0 Å². The fraction of sp³-hybridized carbons (Fsp3) is 0.438. The van der Waals surface area contributed by atoms with Crippen molar-refractivity contribution >= 4 is 16.6 Å². The van der Waals surface area contributed by atoms with Crippen molar-refractivity contribution in [3.8, 4) is 0 Å². The zero-order valence-electron chi connectivity index (χ0n) is 11.4. The van der Waals surface area contributed by atoms with Crippen molar-refractivity contribution in [1.29, 1.82) is 0 Å². The van der Waals surface area contributed by atoms with Gasteiger partial charge in [-0.3, -0.25) is 4.98 Å². The number of anilines is 1. The van der Waals surface area contributed by atoms with Crippen LogP contribution in [0.15, 0.2) is 18.2 Å². The molecule has 0 spiro atoms. The van der Waals surface area contributed by atoms with Gasteiger partial charge in [-0.05, 0) is 51.3 Å². The molecule has 3 rings (SSSR count). The minimum absolute atomic E-state index is 0.701. The van der Waals surface area contributed by atoms with E-state index in [4.69, 9.17) is 4.98 Å². The Bertz CT molecular complexity index is 598. The molecule has 1 aromatic heterocycles. The van der Waals surface area contributed by atoms with E-state index in [0.29, 0.717) is 5.92 Å². The highest BCUT2D eigenvalue weighted by Crippen LogP contribution is 2.41. The van der Waals surface area contributed by atoms with E-state index in [1.54, 1.807) is 0 Å². The van der Waals surface area contributed by atoms with E-state index in [1.165, 1.54) is 46.3 Å². The summed E-state index contributed by atoms with van der Waals surface area (Å²) in [6.07, 6.45) is 2.60. The molecule has 94 valence electrons. The molecule has 1 saturated carbocycles. The van der Waals surface area contributed by atoms with Gasteiger partial charge >= 0.3 is 0 Å². The first kappa shape index (κ1) is 11.5. The average Bonchev–Trinajstić information content (AvgIpc) is 3.14. The van der Waals surface area contributed by atoms with Crippen molar-refractivity contribution in [2.24, 2.45) is 0 Å². The molecule has 0 unspecified atom stereocenters. The molecule has 1 aromatic carbocycles. The van der Waals surface area contributed by atoms with Gasteiger partial charge in [0.1, 0.15) is 0 Å². The lowest BCUT2D eigenvalue weighted by Gasteiger charge is -2.13. The topological polar surface area (TPSA) is 24.9 Å². The summed E-state index contributed by atoms with van der Waals surface area (Å²) in [4.78, 5) is 4.88. The maximum absolute atomic E-state index is 4.88. The first-order chi connectivity index (χ1) is 8.69. The van der Waals surface area contributed by atoms with Crippen LogP contribution in [0.5, 0.6) is 0 Å². The van der Waals surface area contributed by atoms with E-state index in [9.17, 15) is 0 Å². The lowest BCUT2D eigenvalue weighted by atomic mass is 10.0. The summed E-state index contributed by atoms with van der Waals surface area (Å²) in [6, 6.07) is 6.72. The van der Waals surface area contributed by atoms with Crippen molar-refractivity contribution in [2.75, 3.05) is 11.9 Å². The van der Waals surface area contributed by atoms with E-state index in [0.717, 1.165) is 6.54 Å². The Morgan fingerprint density at radius 2 is 2.00 bits per heavy atom. The summed E-state index contributed by atoms with van der Waals surface area (Å²) in [5.74, 6) is 0.701. The summed E-state index contributed by atoms with van der Waals surface area (Å²) in [7, 11) is 0. The Kier molecular flexibility index (Phi) is 2.73. The predicted molar refractivity (Wildman–Crippen MR) is 77.4 cm³/mol. The molecule has 1 fully saturated rings. The normalized spacial score (nSPS) is 15.1. The predicted octanol–water partition coefficient (Wildman–Crippen LogP) is 4.16. The second-order valence-electron chi connectivity index (χ2n) is 5.38. The molecule has 2 heteroatoms. The highest BCUT2D eigenvalue weighted by Gasteiger charge is 2.26. The lowest BCUT2D eigenvalue weighted by Crippen LogP contribution is -2.01. The monoisotopic (exact) mass is 240 g/mol. The van der Waals surface area contributed by atoms with Crippen LogP contribution in [0.2, 0.25) is 0 Å². The maximum atomic E-state index is 4.88. The van der Waals surface area contributed by atoms with E-state index < -0.39 is 0 Å². The number of fused-ring (bicyclic) bond motifs is 1. The second kappa shape index (κ2) is 4.27. The molecule has 0 radical (unpaired) electrons. The van der Waals surface area contributed by atoms with Crippen LogP contribution in [-0.4, -0.2) is 11.5 Å². The lowest BCUT2D eigenvalue weighted by molar-refractivity contribution is 1.04. The maximum Gasteiger partial charge on any atom is 0.0755 e. The van der Waals surface area contributed by atoms with Gasteiger partial charge in [-0.2, -0.15) is 0 Å². The summed E-state index contributed by atoms with van der Waals surface area (Å²) < 4.78 is 0. The fourth-order valence-electron chi connectivity index (χ4n) is 2.63. The molecule has 0 amide bonds. The number of aromatic nitrogens is 1. The number of nitrogens with one attached hydrogen (secondary N) is 1. The van der Waals surface area contributed by atoms with E-state index >= 15 is 0 Å². The van der Waals surface area contributed by atoms with Crippen LogP contribution in [0.1, 0.15) is 42.5 Å². The van der Waals surface area contributed by atoms with Crippen LogP contribution in [0.4, 0.5) is 5.69 Å². The SMILES string of the molecule is CCNc1cc(C2CC2)nc2c(C)cc(C)cc12. The van der Waals surface area contributed by atoms with Gasteiger partial charge < -0.3 is 5.32 Å². The van der Waals surface area contributed by atoms with Crippen molar-refractivity contribution in [2.45, 2.75) is 39.5 Å². The average molecular weight is 240 g/mol. The third kappa shape index (κ3) is 1.96. The molecule has 2 nitrogen and oxygen atoms in total. The highest BCUT2D eigenvalue weighted by molar-refractivity contribution is 5.94. The molecule has 18 heavy (non-hydrogen) atoms.